The number of hydrogen-bond acceptors (Lipinski definition) is 5. The maximum Gasteiger partial charge on any atom is 0.416 e. The summed E-state index contributed by atoms with van der Waals surface area (Å²) in [7, 11) is -2.07. The van der Waals surface area contributed by atoms with Crippen LogP contribution in [0.3, 0.4) is 0 Å². The summed E-state index contributed by atoms with van der Waals surface area (Å²) in [6, 6.07) is 1.64. The number of alkyl halides is 3. The summed E-state index contributed by atoms with van der Waals surface area (Å²) in [6.07, 6.45) is -4.04. The molecule has 0 unspecified atom stereocenters. The second-order valence-corrected chi connectivity index (χ2v) is 7.94. The van der Waals surface area contributed by atoms with Gasteiger partial charge >= 0.3 is 6.18 Å². The van der Waals surface area contributed by atoms with Crippen LogP contribution >= 0.6 is 0 Å². The number of aromatic nitrogens is 3. The fourth-order valence-corrected chi connectivity index (χ4v) is 4.65. The first kappa shape index (κ1) is 18.6. The summed E-state index contributed by atoms with van der Waals surface area (Å²) in [4.78, 5) is 3.90. The summed E-state index contributed by atoms with van der Waals surface area (Å²) in [6.45, 7) is 3.34. The van der Waals surface area contributed by atoms with Crippen LogP contribution in [0.15, 0.2) is 23.2 Å². The third-order valence-electron chi connectivity index (χ3n) is 4.20. The van der Waals surface area contributed by atoms with Crippen molar-refractivity contribution in [3.63, 3.8) is 0 Å². The summed E-state index contributed by atoms with van der Waals surface area (Å²) in [5.41, 5.74) is 0.0493. The minimum absolute atomic E-state index is 0.0357. The minimum atomic E-state index is -4.49. The van der Waals surface area contributed by atoms with Gasteiger partial charge in [0.2, 0.25) is 15.9 Å². The zero-order valence-corrected chi connectivity index (χ0v) is 15.1. The molecule has 1 fully saturated rings. The van der Waals surface area contributed by atoms with E-state index in [1.54, 1.807) is 20.9 Å². The molecule has 1 aliphatic rings. The first-order chi connectivity index (χ1) is 12.0. The van der Waals surface area contributed by atoms with Crippen LogP contribution in [0.25, 0.3) is 0 Å². The second kappa shape index (κ2) is 6.23. The molecular weight excluding hydrogens is 373 g/mol. The lowest BCUT2D eigenvalue weighted by molar-refractivity contribution is -0.137. The van der Waals surface area contributed by atoms with E-state index in [9.17, 15) is 21.6 Å². The molecule has 1 aliphatic heterocycles. The molecule has 26 heavy (non-hydrogen) atoms. The molecule has 142 valence electrons. The first-order valence-electron chi connectivity index (χ1n) is 7.70. The molecule has 0 spiro atoms. The first-order valence-corrected chi connectivity index (χ1v) is 9.14. The van der Waals surface area contributed by atoms with E-state index in [0.717, 1.165) is 18.3 Å². The smallest absolute Gasteiger partial charge is 0.416 e. The Labute approximate surface area is 148 Å². The second-order valence-electron chi connectivity index (χ2n) is 6.07. The number of pyridine rings is 1. The number of sulfonamides is 1. The molecule has 0 amide bonds. The van der Waals surface area contributed by atoms with Gasteiger partial charge in [-0.2, -0.15) is 22.6 Å². The Morgan fingerprint density at radius 1 is 1.27 bits per heavy atom. The molecule has 1 saturated heterocycles. The third-order valence-corrected chi connectivity index (χ3v) is 6.29. The average Bonchev–Trinajstić information content (AvgIpc) is 2.75. The van der Waals surface area contributed by atoms with Gasteiger partial charge < -0.3 is 4.74 Å². The number of ether oxygens (including phenoxy) is 1. The Morgan fingerprint density at radius 2 is 1.92 bits per heavy atom. The van der Waals surface area contributed by atoms with Crippen LogP contribution < -0.4 is 4.74 Å². The number of rotatable bonds is 4. The van der Waals surface area contributed by atoms with Crippen LogP contribution in [-0.4, -0.2) is 46.7 Å². The van der Waals surface area contributed by atoms with Crippen LogP contribution in [0.4, 0.5) is 13.2 Å². The van der Waals surface area contributed by atoms with Crippen LogP contribution in [0.1, 0.15) is 17.0 Å². The van der Waals surface area contributed by atoms with Gasteiger partial charge in [0.15, 0.2) is 0 Å². The van der Waals surface area contributed by atoms with E-state index in [4.69, 9.17) is 4.74 Å². The van der Waals surface area contributed by atoms with Crippen molar-refractivity contribution in [2.75, 3.05) is 13.1 Å². The van der Waals surface area contributed by atoms with Gasteiger partial charge in [0.1, 0.15) is 11.0 Å². The van der Waals surface area contributed by atoms with Gasteiger partial charge in [-0.15, -0.1) is 0 Å². The Morgan fingerprint density at radius 3 is 2.46 bits per heavy atom. The predicted molar refractivity (Wildman–Crippen MR) is 85.1 cm³/mol. The van der Waals surface area contributed by atoms with Crippen molar-refractivity contribution in [2.24, 2.45) is 7.05 Å². The number of halogens is 3. The van der Waals surface area contributed by atoms with Crippen molar-refractivity contribution in [3.8, 4) is 5.88 Å². The van der Waals surface area contributed by atoms with E-state index < -0.39 is 27.9 Å². The highest BCUT2D eigenvalue weighted by atomic mass is 32.2. The van der Waals surface area contributed by atoms with Crippen molar-refractivity contribution < 1.29 is 26.3 Å². The largest absolute Gasteiger partial charge is 0.472 e. The Hall–Kier alpha value is -2.14. The lowest BCUT2D eigenvalue weighted by atomic mass is 10.2. The summed E-state index contributed by atoms with van der Waals surface area (Å²) >= 11 is 0. The molecule has 2 aromatic heterocycles. The van der Waals surface area contributed by atoms with E-state index >= 15 is 0 Å². The van der Waals surface area contributed by atoms with Gasteiger partial charge in [-0.05, 0) is 19.9 Å². The zero-order chi connectivity index (χ0) is 19.3. The van der Waals surface area contributed by atoms with E-state index in [1.165, 1.54) is 8.99 Å². The number of aryl methyl sites for hydroxylation is 2. The molecule has 0 saturated carbocycles. The zero-order valence-electron chi connectivity index (χ0n) is 14.3. The van der Waals surface area contributed by atoms with Crippen molar-refractivity contribution in [1.82, 2.24) is 19.1 Å². The molecule has 0 aliphatic carbocycles. The van der Waals surface area contributed by atoms with Gasteiger partial charge in [-0.3, -0.25) is 4.68 Å². The molecule has 7 nitrogen and oxygen atoms in total. The SMILES string of the molecule is Cc1nn(C)c(C)c1S(=O)(=O)N1CC(Oc2cc(C(F)(F)F)ccn2)C1. The van der Waals surface area contributed by atoms with Gasteiger partial charge in [-0.25, -0.2) is 13.4 Å². The fourth-order valence-electron chi connectivity index (χ4n) is 2.75. The number of nitrogens with zero attached hydrogens (tertiary/aromatic N) is 4. The Bertz CT molecular complexity index is 934. The summed E-state index contributed by atoms with van der Waals surface area (Å²) in [5.74, 6) is -0.185. The van der Waals surface area contributed by atoms with Gasteiger partial charge in [-0.1, -0.05) is 0 Å². The summed E-state index contributed by atoms with van der Waals surface area (Å²) in [5, 5.41) is 4.10. The van der Waals surface area contributed by atoms with Crippen molar-refractivity contribution in [1.29, 1.82) is 0 Å². The normalized spacial score (nSPS) is 16.5. The molecule has 3 heterocycles. The summed E-state index contributed by atoms with van der Waals surface area (Å²) < 4.78 is 71.6. The quantitative estimate of drug-likeness (QED) is 0.797. The van der Waals surface area contributed by atoms with E-state index in [1.807, 2.05) is 0 Å². The highest BCUT2D eigenvalue weighted by Crippen LogP contribution is 2.32. The minimum Gasteiger partial charge on any atom is -0.472 e. The van der Waals surface area contributed by atoms with Crippen LogP contribution in [0, 0.1) is 13.8 Å². The molecule has 2 aromatic rings. The average molecular weight is 390 g/mol. The molecule has 0 N–H and O–H groups in total. The van der Waals surface area contributed by atoms with Gasteiger partial charge in [0.25, 0.3) is 0 Å². The third kappa shape index (κ3) is 3.28. The Kier molecular flexibility index (Phi) is 4.47. The van der Waals surface area contributed by atoms with E-state index in [-0.39, 0.29) is 23.9 Å². The standard InChI is InChI=1S/C15H17F3N4O3S/c1-9-14(10(2)21(3)20-9)26(23,24)22-7-12(8-22)25-13-6-11(4-5-19-13)15(16,17)18/h4-6,12H,7-8H2,1-3H3. The molecule has 11 heteroatoms. The maximum atomic E-state index is 12.7. The van der Waals surface area contributed by atoms with Gasteiger partial charge in [0.05, 0.1) is 30.0 Å². The van der Waals surface area contributed by atoms with Crippen LogP contribution in [0.5, 0.6) is 5.88 Å². The monoisotopic (exact) mass is 390 g/mol. The molecule has 0 bridgehead atoms. The van der Waals surface area contributed by atoms with Crippen molar-refractivity contribution in [3.05, 3.63) is 35.3 Å². The highest BCUT2D eigenvalue weighted by molar-refractivity contribution is 7.89. The lowest BCUT2D eigenvalue weighted by Crippen LogP contribution is -2.56. The number of hydrogen-bond donors (Lipinski definition) is 0. The van der Waals surface area contributed by atoms with Crippen molar-refractivity contribution >= 4 is 10.0 Å². The molecule has 3 rings (SSSR count). The fraction of sp³-hybridized carbons (Fsp3) is 0.467. The van der Waals surface area contributed by atoms with Crippen molar-refractivity contribution in [2.45, 2.75) is 31.0 Å². The molecular formula is C15H17F3N4O3S. The lowest BCUT2D eigenvalue weighted by Gasteiger charge is -2.37. The molecule has 0 aromatic carbocycles. The van der Waals surface area contributed by atoms with Crippen LogP contribution in [0.2, 0.25) is 0 Å². The highest BCUT2D eigenvalue weighted by Gasteiger charge is 2.41. The molecule has 0 radical (unpaired) electrons. The topological polar surface area (TPSA) is 77.3 Å². The maximum absolute atomic E-state index is 12.7. The Balaban J connectivity index is 1.70. The molecule has 0 atom stereocenters. The van der Waals surface area contributed by atoms with Gasteiger partial charge in [0, 0.05) is 19.3 Å². The van der Waals surface area contributed by atoms with E-state index in [2.05, 4.69) is 10.1 Å². The van der Waals surface area contributed by atoms with Crippen LogP contribution in [-0.2, 0) is 23.2 Å². The van der Waals surface area contributed by atoms with E-state index in [0.29, 0.717) is 11.4 Å². The predicted octanol–water partition coefficient (Wildman–Crippen LogP) is 1.90.